The quantitative estimate of drug-likeness (QED) is 0.166. The van der Waals surface area contributed by atoms with Gasteiger partial charge in [-0.25, -0.2) is 15.0 Å². The van der Waals surface area contributed by atoms with Gasteiger partial charge < -0.3 is 9.13 Å². The van der Waals surface area contributed by atoms with E-state index in [4.69, 9.17) is 15.0 Å². The Morgan fingerprint density at radius 2 is 0.766 bits per heavy atom. The SMILES string of the molecule is Cc1ccc2c(c1)c1cc(C)ccc1n2-c1cc(C#N)ccc1-c1nc(-c2ccccc2)nc(-c2ccc(-c3ccc(C#N)cc3)cc2-n2c3ccc(C)cc3c3cc(C)ccc32)n1. The second-order valence-corrected chi connectivity index (χ2v) is 16.7. The molecular formula is C57H39N7. The standard InChI is InChI=1S/C57H39N7/c1-34-10-22-49-45(26-34)46-27-35(2)11-23-50(46)63(49)53-30-39(33-59)16-20-43(53)56-60-55(41-8-6-5-7-9-41)61-57(62-56)44-21-19-42(40-17-14-38(32-58)15-18-40)31-54(44)64-51-24-12-36(3)28-47(51)48-29-37(4)13-25-52(48)64/h5-31H,1-4H3. The van der Waals surface area contributed by atoms with E-state index in [2.05, 4.69) is 140 Å². The van der Waals surface area contributed by atoms with Gasteiger partial charge in [-0.1, -0.05) is 95.1 Å². The van der Waals surface area contributed by atoms with Crippen LogP contribution in [0, 0.1) is 50.4 Å². The summed E-state index contributed by atoms with van der Waals surface area (Å²) in [4.78, 5) is 16.0. The molecule has 3 heterocycles. The molecule has 0 fully saturated rings. The molecular weight excluding hydrogens is 783 g/mol. The maximum atomic E-state index is 10.3. The Bertz CT molecular complexity index is 3670. The van der Waals surface area contributed by atoms with Crippen molar-refractivity contribution in [3.05, 3.63) is 197 Å². The molecule has 0 unspecified atom stereocenters. The molecule has 3 aromatic heterocycles. The first kappa shape index (κ1) is 38.3. The van der Waals surface area contributed by atoms with E-state index in [1.165, 1.54) is 22.3 Å². The molecule has 0 aliphatic heterocycles. The summed E-state index contributed by atoms with van der Waals surface area (Å²) in [5, 5.41) is 24.5. The number of fused-ring (bicyclic) bond motifs is 6. The number of hydrogen-bond donors (Lipinski definition) is 0. The Morgan fingerprint density at radius 3 is 1.23 bits per heavy atom. The van der Waals surface area contributed by atoms with Gasteiger partial charge in [0.25, 0.3) is 0 Å². The van der Waals surface area contributed by atoms with Gasteiger partial charge in [-0.15, -0.1) is 0 Å². The van der Waals surface area contributed by atoms with E-state index >= 15 is 0 Å². The van der Waals surface area contributed by atoms with Gasteiger partial charge in [-0.05, 0) is 130 Å². The normalized spacial score (nSPS) is 11.4. The van der Waals surface area contributed by atoms with Gasteiger partial charge in [-0.3, -0.25) is 0 Å². The molecule has 0 N–H and O–H groups in total. The van der Waals surface area contributed by atoms with Gasteiger partial charge in [0.2, 0.25) is 0 Å². The molecule has 0 radical (unpaired) electrons. The Morgan fingerprint density at radius 1 is 0.359 bits per heavy atom. The van der Waals surface area contributed by atoms with Gasteiger partial charge in [0.15, 0.2) is 17.5 Å². The minimum atomic E-state index is 0.480. The number of aryl methyl sites for hydroxylation is 4. The first-order valence-electron chi connectivity index (χ1n) is 21.3. The lowest BCUT2D eigenvalue weighted by Crippen LogP contribution is -2.06. The Balaban J connectivity index is 1.22. The summed E-state index contributed by atoms with van der Waals surface area (Å²) < 4.78 is 4.57. The predicted octanol–water partition coefficient (Wildman–Crippen LogP) is 13.7. The number of rotatable bonds is 6. The molecule has 8 aromatic carbocycles. The highest BCUT2D eigenvalue weighted by Crippen LogP contribution is 2.41. The van der Waals surface area contributed by atoms with Crippen LogP contribution in [0.5, 0.6) is 0 Å². The molecule has 302 valence electrons. The van der Waals surface area contributed by atoms with Crippen LogP contribution in [0.1, 0.15) is 33.4 Å². The fourth-order valence-corrected chi connectivity index (χ4v) is 9.15. The molecule has 7 heteroatoms. The summed E-state index contributed by atoms with van der Waals surface area (Å²) in [6.45, 7) is 8.49. The van der Waals surface area contributed by atoms with Gasteiger partial charge in [0.05, 0.1) is 56.7 Å². The third kappa shape index (κ3) is 6.38. The second kappa shape index (κ2) is 15.1. The zero-order chi connectivity index (χ0) is 43.6. The zero-order valence-electron chi connectivity index (χ0n) is 35.7. The Kier molecular flexibility index (Phi) is 9.01. The van der Waals surface area contributed by atoms with E-state index in [1.54, 1.807) is 0 Å². The molecule has 11 rings (SSSR count). The van der Waals surface area contributed by atoms with Crippen molar-refractivity contribution in [1.29, 1.82) is 10.5 Å². The Labute approximate surface area is 370 Å². The van der Waals surface area contributed by atoms with Crippen LogP contribution in [0.15, 0.2) is 164 Å². The van der Waals surface area contributed by atoms with E-state index in [-0.39, 0.29) is 0 Å². The topological polar surface area (TPSA) is 96.1 Å². The molecule has 0 saturated carbocycles. The van der Waals surface area contributed by atoms with Crippen LogP contribution in [0.2, 0.25) is 0 Å². The number of nitriles is 2. The average molecular weight is 822 g/mol. The minimum absolute atomic E-state index is 0.480. The number of hydrogen-bond acceptors (Lipinski definition) is 5. The monoisotopic (exact) mass is 821 g/mol. The van der Waals surface area contributed by atoms with Crippen LogP contribution in [-0.2, 0) is 0 Å². The maximum absolute atomic E-state index is 10.3. The molecule has 0 aliphatic rings. The molecule has 64 heavy (non-hydrogen) atoms. The van der Waals surface area contributed by atoms with Crippen LogP contribution in [0.25, 0.3) is 100 Å². The zero-order valence-corrected chi connectivity index (χ0v) is 35.7. The number of aromatic nitrogens is 5. The van der Waals surface area contributed by atoms with E-state index in [0.717, 1.165) is 82.8 Å². The first-order valence-corrected chi connectivity index (χ1v) is 21.3. The van der Waals surface area contributed by atoms with Crippen LogP contribution in [0.4, 0.5) is 0 Å². The molecule has 7 nitrogen and oxygen atoms in total. The highest BCUT2D eigenvalue weighted by Gasteiger charge is 2.23. The van der Waals surface area contributed by atoms with E-state index in [9.17, 15) is 10.5 Å². The van der Waals surface area contributed by atoms with Crippen LogP contribution < -0.4 is 0 Å². The van der Waals surface area contributed by atoms with Crippen molar-refractivity contribution in [2.45, 2.75) is 27.7 Å². The summed E-state index contributed by atoms with van der Waals surface area (Å²) in [6.07, 6.45) is 0. The third-order valence-electron chi connectivity index (χ3n) is 12.3. The van der Waals surface area contributed by atoms with Gasteiger partial charge >= 0.3 is 0 Å². The van der Waals surface area contributed by atoms with E-state index in [1.807, 2.05) is 72.8 Å². The second-order valence-electron chi connectivity index (χ2n) is 16.7. The van der Waals surface area contributed by atoms with E-state index < -0.39 is 0 Å². The summed E-state index contributed by atoms with van der Waals surface area (Å²) >= 11 is 0. The highest BCUT2D eigenvalue weighted by atomic mass is 15.1. The maximum Gasteiger partial charge on any atom is 0.166 e. The summed E-state index contributed by atoms with van der Waals surface area (Å²) in [5.41, 5.74) is 16.1. The Hall–Kier alpha value is -8.65. The van der Waals surface area contributed by atoms with E-state index in [0.29, 0.717) is 28.6 Å². The van der Waals surface area contributed by atoms with Gasteiger partial charge in [0.1, 0.15) is 0 Å². The van der Waals surface area contributed by atoms with Crippen molar-refractivity contribution in [3.63, 3.8) is 0 Å². The smallest absolute Gasteiger partial charge is 0.166 e. The predicted molar refractivity (Wildman–Crippen MR) is 259 cm³/mol. The molecule has 0 atom stereocenters. The lowest BCUT2D eigenvalue weighted by molar-refractivity contribution is 1.06. The lowest BCUT2D eigenvalue weighted by atomic mass is 10.00. The summed E-state index contributed by atoms with van der Waals surface area (Å²) in [6, 6.07) is 60.8. The molecule has 0 spiro atoms. The first-order chi connectivity index (χ1) is 31.2. The van der Waals surface area contributed by atoms with Crippen molar-refractivity contribution < 1.29 is 0 Å². The van der Waals surface area contributed by atoms with Crippen LogP contribution >= 0.6 is 0 Å². The fourth-order valence-electron chi connectivity index (χ4n) is 9.15. The summed E-state index contributed by atoms with van der Waals surface area (Å²) in [5.74, 6) is 1.51. The van der Waals surface area contributed by atoms with Gasteiger partial charge in [0, 0.05) is 38.2 Å². The fraction of sp³-hybridized carbons (Fsp3) is 0.0702. The molecule has 0 aliphatic carbocycles. The molecule has 0 saturated heterocycles. The number of nitrogens with zero attached hydrogens (tertiary/aromatic N) is 7. The molecule has 0 amide bonds. The molecule has 11 aromatic rings. The summed E-state index contributed by atoms with van der Waals surface area (Å²) in [7, 11) is 0. The largest absolute Gasteiger partial charge is 0.308 e. The van der Waals surface area contributed by atoms with Crippen molar-refractivity contribution in [2.24, 2.45) is 0 Å². The lowest BCUT2D eigenvalue weighted by Gasteiger charge is -2.18. The van der Waals surface area contributed by atoms with Crippen molar-refractivity contribution in [3.8, 4) is 68.8 Å². The van der Waals surface area contributed by atoms with Crippen molar-refractivity contribution in [1.82, 2.24) is 24.1 Å². The molecule has 0 bridgehead atoms. The van der Waals surface area contributed by atoms with Crippen LogP contribution in [0.3, 0.4) is 0 Å². The third-order valence-corrected chi connectivity index (χ3v) is 12.3. The number of benzene rings is 8. The highest BCUT2D eigenvalue weighted by molar-refractivity contribution is 6.11. The van der Waals surface area contributed by atoms with Crippen molar-refractivity contribution >= 4 is 43.6 Å². The minimum Gasteiger partial charge on any atom is -0.308 e. The van der Waals surface area contributed by atoms with Gasteiger partial charge in [-0.2, -0.15) is 10.5 Å². The van der Waals surface area contributed by atoms with Crippen molar-refractivity contribution in [2.75, 3.05) is 0 Å². The average Bonchev–Trinajstić information content (AvgIpc) is 3.81. The van der Waals surface area contributed by atoms with Crippen LogP contribution in [-0.4, -0.2) is 24.1 Å².